The first-order valence-corrected chi connectivity index (χ1v) is 7.07. The molecule has 7 heteroatoms. The average molecular weight is 289 g/mol. The van der Waals surface area contributed by atoms with Crippen molar-refractivity contribution in [1.29, 1.82) is 0 Å². The Labute approximate surface area is 114 Å². The fourth-order valence-electron chi connectivity index (χ4n) is 1.86. The van der Waals surface area contributed by atoms with Crippen molar-refractivity contribution in [2.24, 2.45) is 0 Å². The molecular formula is C13H9N2O4S-. The molecule has 0 fully saturated rings. The van der Waals surface area contributed by atoms with E-state index in [2.05, 4.69) is 4.98 Å². The van der Waals surface area contributed by atoms with Crippen LogP contribution in [-0.4, -0.2) is 18.0 Å². The third kappa shape index (κ3) is 2.13. The number of para-hydroxylation sites is 2. The molecule has 2 N–H and O–H groups in total. The zero-order valence-electron chi connectivity index (χ0n) is 10.1. The van der Waals surface area contributed by atoms with Crippen LogP contribution < -0.4 is 5.73 Å². The number of hydrogen-bond acceptors (Lipinski definition) is 6. The van der Waals surface area contributed by atoms with Gasteiger partial charge in [0.1, 0.15) is 15.6 Å². The van der Waals surface area contributed by atoms with Gasteiger partial charge < -0.3 is 14.7 Å². The minimum Gasteiger partial charge on any atom is -0.744 e. The van der Waals surface area contributed by atoms with Crippen LogP contribution in [-0.2, 0) is 10.1 Å². The largest absolute Gasteiger partial charge is 0.744 e. The molecule has 0 atom stereocenters. The maximum Gasteiger partial charge on any atom is 0.229 e. The Hall–Kier alpha value is -2.38. The molecule has 0 aliphatic carbocycles. The summed E-state index contributed by atoms with van der Waals surface area (Å²) in [6.45, 7) is 0. The Kier molecular flexibility index (Phi) is 2.73. The predicted octanol–water partition coefficient (Wildman–Crippen LogP) is 1.98. The van der Waals surface area contributed by atoms with Gasteiger partial charge in [-0.2, -0.15) is 0 Å². The number of rotatable bonds is 2. The summed E-state index contributed by atoms with van der Waals surface area (Å²) < 4.78 is 38.7. The number of oxazole rings is 1. The van der Waals surface area contributed by atoms with Crippen molar-refractivity contribution in [3.05, 3.63) is 42.5 Å². The third-order valence-electron chi connectivity index (χ3n) is 2.84. The van der Waals surface area contributed by atoms with Crippen molar-refractivity contribution in [1.82, 2.24) is 4.98 Å². The van der Waals surface area contributed by atoms with Crippen LogP contribution in [0, 0.1) is 0 Å². The molecule has 0 radical (unpaired) electrons. The highest BCUT2D eigenvalue weighted by Gasteiger charge is 2.13. The van der Waals surface area contributed by atoms with Gasteiger partial charge in [-0.1, -0.05) is 12.1 Å². The summed E-state index contributed by atoms with van der Waals surface area (Å²) in [4.78, 5) is 3.85. The second-order valence-corrected chi connectivity index (χ2v) is 5.57. The van der Waals surface area contributed by atoms with Gasteiger partial charge in [-0.3, -0.25) is 0 Å². The number of aromatic nitrogens is 1. The quantitative estimate of drug-likeness (QED) is 0.570. The Bertz CT molecular complexity index is 867. The number of nitrogens with zero attached hydrogens (tertiary/aromatic N) is 1. The zero-order chi connectivity index (χ0) is 14.3. The third-order valence-corrected chi connectivity index (χ3v) is 3.67. The molecule has 0 unspecified atom stereocenters. The number of benzene rings is 2. The SMILES string of the molecule is Nc1ccc(S(=O)(=O)[O-])cc1-c1nc2ccccc2o1. The molecule has 0 saturated carbocycles. The first kappa shape index (κ1) is 12.6. The number of nitrogen functional groups attached to an aromatic ring is 1. The van der Waals surface area contributed by atoms with E-state index in [0.717, 1.165) is 6.07 Å². The molecule has 0 saturated heterocycles. The normalized spacial score (nSPS) is 11.8. The maximum absolute atomic E-state index is 11.1. The fraction of sp³-hybridized carbons (Fsp3) is 0. The van der Waals surface area contributed by atoms with Crippen molar-refractivity contribution >= 4 is 26.9 Å². The van der Waals surface area contributed by atoms with Crippen LogP contribution >= 0.6 is 0 Å². The van der Waals surface area contributed by atoms with Gasteiger partial charge in [-0.05, 0) is 30.3 Å². The van der Waals surface area contributed by atoms with Gasteiger partial charge in [0.05, 0.1) is 10.5 Å². The first-order chi connectivity index (χ1) is 9.45. The molecule has 102 valence electrons. The molecular weight excluding hydrogens is 280 g/mol. The molecule has 3 rings (SSSR count). The van der Waals surface area contributed by atoms with E-state index < -0.39 is 10.1 Å². The minimum absolute atomic E-state index is 0.175. The second-order valence-electron chi connectivity index (χ2n) is 4.19. The fourth-order valence-corrected chi connectivity index (χ4v) is 2.36. The van der Waals surface area contributed by atoms with Crippen molar-refractivity contribution in [2.45, 2.75) is 4.90 Å². The van der Waals surface area contributed by atoms with Crippen molar-refractivity contribution in [3.8, 4) is 11.5 Å². The van der Waals surface area contributed by atoms with E-state index in [1.54, 1.807) is 24.3 Å². The molecule has 1 aromatic heterocycles. The summed E-state index contributed by atoms with van der Waals surface area (Å²) >= 11 is 0. The molecule has 0 amide bonds. The van der Waals surface area contributed by atoms with E-state index >= 15 is 0 Å². The van der Waals surface area contributed by atoms with Crippen LogP contribution in [0.2, 0.25) is 0 Å². The van der Waals surface area contributed by atoms with E-state index in [-0.39, 0.29) is 22.0 Å². The van der Waals surface area contributed by atoms with Crippen LogP contribution in [0.1, 0.15) is 0 Å². The van der Waals surface area contributed by atoms with Crippen LogP contribution in [0.3, 0.4) is 0 Å². The summed E-state index contributed by atoms with van der Waals surface area (Å²) in [5.41, 5.74) is 7.52. The van der Waals surface area contributed by atoms with E-state index in [9.17, 15) is 13.0 Å². The Morgan fingerprint density at radius 2 is 1.90 bits per heavy atom. The second kappa shape index (κ2) is 4.32. The topological polar surface area (TPSA) is 109 Å². The van der Waals surface area contributed by atoms with Gasteiger partial charge in [0.15, 0.2) is 5.58 Å². The summed E-state index contributed by atoms with van der Waals surface area (Å²) in [6, 6.07) is 10.7. The molecule has 0 bridgehead atoms. The Morgan fingerprint density at radius 3 is 2.60 bits per heavy atom. The van der Waals surface area contributed by atoms with Crippen molar-refractivity contribution in [3.63, 3.8) is 0 Å². The van der Waals surface area contributed by atoms with Crippen LogP contribution in [0.5, 0.6) is 0 Å². The molecule has 3 aromatic rings. The Morgan fingerprint density at radius 1 is 1.15 bits per heavy atom. The van der Waals surface area contributed by atoms with E-state index in [1.165, 1.54) is 12.1 Å². The van der Waals surface area contributed by atoms with Crippen molar-refractivity contribution < 1.29 is 17.4 Å². The van der Waals surface area contributed by atoms with Gasteiger partial charge in [0.2, 0.25) is 5.89 Å². The molecule has 20 heavy (non-hydrogen) atoms. The van der Waals surface area contributed by atoms with Crippen LogP contribution in [0.25, 0.3) is 22.6 Å². The summed E-state index contributed by atoms with van der Waals surface area (Å²) in [5, 5.41) is 0. The molecule has 0 aliphatic heterocycles. The molecule has 0 spiro atoms. The van der Waals surface area contributed by atoms with Crippen LogP contribution in [0.4, 0.5) is 5.69 Å². The van der Waals surface area contributed by atoms with Gasteiger partial charge in [-0.15, -0.1) is 0 Å². The lowest BCUT2D eigenvalue weighted by atomic mass is 10.2. The summed E-state index contributed by atoms with van der Waals surface area (Å²) in [6.07, 6.45) is 0. The average Bonchev–Trinajstić information content (AvgIpc) is 2.81. The highest BCUT2D eigenvalue weighted by Crippen LogP contribution is 2.30. The maximum atomic E-state index is 11.1. The van der Waals surface area contributed by atoms with E-state index in [4.69, 9.17) is 10.2 Å². The lowest BCUT2D eigenvalue weighted by Crippen LogP contribution is -2.00. The standard InChI is InChI=1S/C13H10N2O4S/c14-10-6-5-8(20(16,17)18)7-9(10)13-15-11-3-1-2-4-12(11)19-13/h1-7H,14H2,(H,16,17,18)/p-1. The smallest absolute Gasteiger partial charge is 0.229 e. The summed E-state index contributed by atoms with van der Waals surface area (Å²) in [7, 11) is -4.56. The van der Waals surface area contributed by atoms with E-state index in [1.807, 2.05) is 0 Å². The van der Waals surface area contributed by atoms with Gasteiger partial charge >= 0.3 is 0 Å². The predicted molar refractivity (Wildman–Crippen MR) is 71.8 cm³/mol. The van der Waals surface area contributed by atoms with E-state index in [0.29, 0.717) is 11.1 Å². The monoisotopic (exact) mass is 289 g/mol. The highest BCUT2D eigenvalue weighted by atomic mass is 32.2. The number of fused-ring (bicyclic) bond motifs is 1. The lowest BCUT2D eigenvalue weighted by molar-refractivity contribution is 0.463. The van der Waals surface area contributed by atoms with Crippen LogP contribution in [0.15, 0.2) is 51.8 Å². The van der Waals surface area contributed by atoms with Gasteiger partial charge in [0, 0.05) is 5.69 Å². The summed E-state index contributed by atoms with van der Waals surface area (Å²) in [5.74, 6) is 0.175. The number of anilines is 1. The highest BCUT2D eigenvalue weighted by molar-refractivity contribution is 7.85. The lowest BCUT2D eigenvalue weighted by Gasteiger charge is -2.09. The molecule has 2 aromatic carbocycles. The number of hydrogen-bond donors (Lipinski definition) is 1. The molecule has 6 nitrogen and oxygen atoms in total. The minimum atomic E-state index is -4.56. The Balaban J connectivity index is 2.23. The van der Waals surface area contributed by atoms with Crippen molar-refractivity contribution in [2.75, 3.05) is 5.73 Å². The van der Waals surface area contributed by atoms with Gasteiger partial charge in [0.25, 0.3) is 0 Å². The van der Waals surface area contributed by atoms with Gasteiger partial charge in [-0.25, -0.2) is 13.4 Å². The molecule has 1 heterocycles. The molecule has 0 aliphatic rings. The number of nitrogens with two attached hydrogens (primary N) is 1. The first-order valence-electron chi connectivity index (χ1n) is 5.66. The zero-order valence-corrected chi connectivity index (χ0v) is 10.9.